The lowest BCUT2D eigenvalue weighted by molar-refractivity contribution is 0.0857. The highest BCUT2D eigenvalue weighted by molar-refractivity contribution is 7.85. The lowest BCUT2D eigenvalue weighted by atomic mass is 9.79. The van der Waals surface area contributed by atoms with Gasteiger partial charge in [-0.05, 0) is 51.1 Å². The number of fused-ring (bicyclic) bond motifs is 2. The molecule has 1 N–H and O–H groups in total. The zero-order valence-corrected chi connectivity index (χ0v) is 15.3. The average molecular weight is 367 g/mol. The van der Waals surface area contributed by atoms with Crippen LogP contribution in [0, 0.1) is 5.92 Å². The molecular formula is C14H23ClN2O3S2. The van der Waals surface area contributed by atoms with E-state index in [1.807, 2.05) is 0 Å². The van der Waals surface area contributed by atoms with Crippen LogP contribution in [0.1, 0.15) is 36.8 Å². The van der Waals surface area contributed by atoms with Crippen LogP contribution in [0.15, 0.2) is 0 Å². The normalized spacial score (nSPS) is 24.9. The van der Waals surface area contributed by atoms with Gasteiger partial charge in [0.15, 0.2) is 4.47 Å². The standard InChI is InChI=1S/C13H19ClN2S.CH4O3S/c1-2-5-16-6-3-4-9-7-10-12(8-11(9)16)17-13(14)15-10;1-5(2,3)4/h9,11H,2-8H2,1H3;1H3,(H,2,3,4)/t9-,11-;/m0./s1. The molecule has 126 valence electrons. The molecule has 1 aliphatic carbocycles. The van der Waals surface area contributed by atoms with Gasteiger partial charge in [0.05, 0.1) is 11.9 Å². The quantitative estimate of drug-likeness (QED) is 0.815. The molecular weight excluding hydrogens is 344 g/mol. The zero-order chi connectivity index (χ0) is 16.3. The van der Waals surface area contributed by atoms with E-state index in [0.717, 1.165) is 22.8 Å². The Labute approximate surface area is 141 Å². The Morgan fingerprint density at radius 2 is 2.14 bits per heavy atom. The van der Waals surface area contributed by atoms with Crippen molar-refractivity contribution in [3.63, 3.8) is 0 Å². The smallest absolute Gasteiger partial charge is 0.261 e. The predicted octanol–water partition coefficient (Wildman–Crippen LogP) is 2.89. The maximum absolute atomic E-state index is 9.19. The third kappa shape index (κ3) is 5.16. The van der Waals surface area contributed by atoms with Gasteiger partial charge >= 0.3 is 0 Å². The van der Waals surface area contributed by atoms with Crippen molar-refractivity contribution in [2.45, 2.75) is 45.1 Å². The van der Waals surface area contributed by atoms with E-state index in [4.69, 9.17) is 16.2 Å². The largest absolute Gasteiger partial charge is 0.300 e. The van der Waals surface area contributed by atoms with E-state index in [9.17, 15) is 8.42 Å². The molecule has 2 aliphatic rings. The third-order valence-corrected chi connectivity index (χ3v) is 5.37. The Bertz CT molecular complexity index is 593. The highest BCUT2D eigenvalue weighted by Crippen LogP contribution is 2.38. The summed E-state index contributed by atoms with van der Waals surface area (Å²) in [6, 6.07) is 0.757. The average Bonchev–Trinajstić information content (AvgIpc) is 2.74. The van der Waals surface area contributed by atoms with Gasteiger partial charge in [0.25, 0.3) is 10.1 Å². The maximum atomic E-state index is 9.19. The molecule has 2 atom stereocenters. The van der Waals surface area contributed by atoms with Crippen molar-refractivity contribution in [3.05, 3.63) is 15.0 Å². The van der Waals surface area contributed by atoms with Crippen molar-refractivity contribution in [1.29, 1.82) is 0 Å². The minimum absolute atomic E-state index is 0.715. The molecule has 1 aliphatic heterocycles. The second kappa shape index (κ2) is 7.57. The molecule has 1 fully saturated rings. The van der Waals surface area contributed by atoms with Crippen LogP contribution in [0.25, 0.3) is 0 Å². The highest BCUT2D eigenvalue weighted by Gasteiger charge is 2.36. The number of likely N-dealkylation sites (tertiary alicyclic amines) is 1. The second-order valence-electron chi connectivity index (χ2n) is 5.98. The third-order valence-electron chi connectivity index (χ3n) is 4.15. The van der Waals surface area contributed by atoms with Crippen LogP contribution in [0.5, 0.6) is 0 Å². The van der Waals surface area contributed by atoms with Crippen molar-refractivity contribution in [1.82, 2.24) is 9.88 Å². The molecule has 3 rings (SSSR count). The molecule has 5 nitrogen and oxygen atoms in total. The summed E-state index contributed by atoms with van der Waals surface area (Å²) >= 11 is 7.73. The first-order valence-electron chi connectivity index (χ1n) is 7.58. The monoisotopic (exact) mass is 366 g/mol. The SMILES string of the molecule is CCCN1CCC[C@H]2Cc3nc(Cl)sc3C[C@@H]21.CS(=O)(=O)O. The van der Waals surface area contributed by atoms with Gasteiger partial charge in [-0.2, -0.15) is 8.42 Å². The minimum atomic E-state index is -3.67. The summed E-state index contributed by atoms with van der Waals surface area (Å²) in [5.41, 5.74) is 1.29. The number of nitrogens with zero attached hydrogens (tertiary/aromatic N) is 2. The molecule has 0 amide bonds. The predicted molar refractivity (Wildman–Crippen MR) is 90.4 cm³/mol. The lowest BCUT2D eigenvalue weighted by Crippen LogP contribution is -2.49. The van der Waals surface area contributed by atoms with Crippen LogP contribution in [0.2, 0.25) is 4.47 Å². The Morgan fingerprint density at radius 3 is 2.77 bits per heavy atom. The molecule has 8 heteroatoms. The first kappa shape index (κ1) is 18.1. The second-order valence-corrected chi connectivity index (χ2v) is 9.12. The van der Waals surface area contributed by atoms with Gasteiger partial charge in [0.1, 0.15) is 0 Å². The van der Waals surface area contributed by atoms with Gasteiger partial charge in [0.2, 0.25) is 0 Å². The van der Waals surface area contributed by atoms with E-state index in [0.29, 0.717) is 6.26 Å². The van der Waals surface area contributed by atoms with E-state index < -0.39 is 10.1 Å². The molecule has 1 aromatic heterocycles. The maximum Gasteiger partial charge on any atom is 0.261 e. The van der Waals surface area contributed by atoms with Gasteiger partial charge in [0, 0.05) is 10.9 Å². The van der Waals surface area contributed by atoms with E-state index in [1.54, 1.807) is 11.3 Å². The number of halogens is 1. The molecule has 22 heavy (non-hydrogen) atoms. The van der Waals surface area contributed by atoms with Crippen LogP contribution in [-0.2, 0) is 23.0 Å². The van der Waals surface area contributed by atoms with Gasteiger partial charge in [-0.3, -0.25) is 9.45 Å². The summed E-state index contributed by atoms with van der Waals surface area (Å²) in [4.78, 5) is 8.62. The van der Waals surface area contributed by atoms with E-state index in [-0.39, 0.29) is 0 Å². The molecule has 1 aromatic rings. The fourth-order valence-corrected chi connectivity index (χ4v) is 4.66. The van der Waals surface area contributed by atoms with Crippen LogP contribution >= 0.6 is 22.9 Å². The Balaban J connectivity index is 0.000000309. The number of hydrogen-bond acceptors (Lipinski definition) is 5. The minimum Gasteiger partial charge on any atom is -0.300 e. The molecule has 0 unspecified atom stereocenters. The van der Waals surface area contributed by atoms with Gasteiger partial charge in [-0.1, -0.05) is 18.5 Å². The van der Waals surface area contributed by atoms with E-state index in [1.165, 1.54) is 49.3 Å². The number of thiazole rings is 1. The summed E-state index contributed by atoms with van der Waals surface area (Å²) in [6.45, 7) is 4.82. The molecule has 0 aromatic carbocycles. The van der Waals surface area contributed by atoms with E-state index in [2.05, 4.69) is 16.8 Å². The molecule has 1 saturated heterocycles. The Kier molecular flexibility index (Phi) is 6.24. The van der Waals surface area contributed by atoms with Crippen LogP contribution in [0.4, 0.5) is 0 Å². The number of piperidine rings is 1. The topological polar surface area (TPSA) is 70.5 Å². The summed E-state index contributed by atoms with van der Waals surface area (Å²) in [5.74, 6) is 0.820. The lowest BCUT2D eigenvalue weighted by Gasteiger charge is -2.43. The molecule has 0 bridgehead atoms. The van der Waals surface area contributed by atoms with Crippen molar-refractivity contribution in [3.8, 4) is 0 Å². The summed E-state index contributed by atoms with van der Waals surface area (Å²) in [7, 11) is -3.67. The Hall–Kier alpha value is -0.210. The van der Waals surface area contributed by atoms with Crippen molar-refractivity contribution in [2.75, 3.05) is 19.3 Å². The highest BCUT2D eigenvalue weighted by atomic mass is 35.5. The van der Waals surface area contributed by atoms with Crippen LogP contribution in [-0.4, -0.2) is 48.2 Å². The van der Waals surface area contributed by atoms with Gasteiger partial charge in [-0.15, -0.1) is 11.3 Å². The molecule has 0 saturated carbocycles. The van der Waals surface area contributed by atoms with Crippen LogP contribution in [0.3, 0.4) is 0 Å². The first-order valence-corrected chi connectivity index (χ1v) is 10.6. The first-order chi connectivity index (χ1) is 10.3. The molecule has 2 heterocycles. The number of rotatable bonds is 2. The summed E-state index contributed by atoms with van der Waals surface area (Å²) in [5, 5.41) is 0. The Morgan fingerprint density at radius 1 is 1.45 bits per heavy atom. The van der Waals surface area contributed by atoms with Crippen molar-refractivity contribution in [2.24, 2.45) is 5.92 Å². The number of aromatic nitrogens is 1. The fourth-order valence-electron chi connectivity index (χ4n) is 3.42. The molecule has 0 radical (unpaired) electrons. The molecule has 0 spiro atoms. The zero-order valence-electron chi connectivity index (χ0n) is 13.0. The van der Waals surface area contributed by atoms with Crippen molar-refractivity contribution < 1.29 is 13.0 Å². The summed E-state index contributed by atoms with van der Waals surface area (Å²) in [6.07, 6.45) is 7.05. The van der Waals surface area contributed by atoms with Crippen LogP contribution < -0.4 is 0 Å². The van der Waals surface area contributed by atoms with E-state index >= 15 is 0 Å². The number of hydrogen-bond donors (Lipinski definition) is 1. The summed E-state index contributed by atoms with van der Waals surface area (Å²) < 4.78 is 26.6. The van der Waals surface area contributed by atoms with Gasteiger partial charge < -0.3 is 0 Å². The van der Waals surface area contributed by atoms with Crippen molar-refractivity contribution >= 4 is 33.1 Å². The van der Waals surface area contributed by atoms with Gasteiger partial charge in [-0.25, -0.2) is 4.98 Å². The fraction of sp³-hybridized carbons (Fsp3) is 0.786.